The van der Waals surface area contributed by atoms with Crippen LogP contribution in [0.1, 0.15) is 64.0 Å². The van der Waals surface area contributed by atoms with Crippen LogP contribution in [-0.2, 0) is 0 Å². The molecule has 0 aliphatic carbocycles. The van der Waals surface area contributed by atoms with Crippen molar-refractivity contribution in [1.29, 1.82) is 0 Å². The van der Waals surface area contributed by atoms with Crippen molar-refractivity contribution in [2.24, 2.45) is 0 Å². The van der Waals surface area contributed by atoms with E-state index < -0.39 is 0 Å². The molecule has 210 valence electrons. The van der Waals surface area contributed by atoms with Gasteiger partial charge in [0.2, 0.25) is 0 Å². The van der Waals surface area contributed by atoms with Crippen molar-refractivity contribution in [1.82, 2.24) is 20.3 Å². The number of hydrogen-bond acceptors (Lipinski definition) is 7. The van der Waals surface area contributed by atoms with Crippen molar-refractivity contribution >= 4 is 45.6 Å². The van der Waals surface area contributed by atoms with E-state index in [1.807, 2.05) is 42.6 Å². The topological polar surface area (TPSA) is 108 Å². The Kier molecular flexibility index (Phi) is 9.96. The van der Waals surface area contributed by atoms with Gasteiger partial charge in [0.1, 0.15) is 10.7 Å². The summed E-state index contributed by atoms with van der Waals surface area (Å²) < 4.78 is 0. The Morgan fingerprint density at radius 2 is 1.80 bits per heavy atom. The number of H-pyrrole nitrogens is 1. The van der Waals surface area contributed by atoms with Crippen molar-refractivity contribution < 1.29 is 14.7 Å². The quantitative estimate of drug-likeness (QED) is 0.0732. The van der Waals surface area contributed by atoms with Gasteiger partial charge in [0.15, 0.2) is 5.78 Å². The van der Waals surface area contributed by atoms with Gasteiger partial charge in [-0.25, -0.2) is 4.98 Å². The summed E-state index contributed by atoms with van der Waals surface area (Å²) in [5.74, 6) is 1.21. The number of benzene rings is 3. The van der Waals surface area contributed by atoms with Gasteiger partial charge < -0.3 is 15.4 Å². The predicted molar refractivity (Wildman–Crippen MR) is 166 cm³/mol. The van der Waals surface area contributed by atoms with Crippen LogP contribution < -0.4 is 5.32 Å². The number of hydrogen-bond donors (Lipinski definition) is 3. The van der Waals surface area contributed by atoms with Crippen LogP contribution in [-0.4, -0.2) is 44.1 Å². The van der Waals surface area contributed by atoms with Crippen molar-refractivity contribution in [2.45, 2.75) is 43.0 Å². The molecule has 0 aliphatic heterocycles. The molecule has 2 heterocycles. The SMILES string of the molecule is O=C(N[C@@H](CCCCCC(=O)c1ccccc1SCCO)c1ncc(-c2ccc3ccccc3c2)[nH]1)c1cncs1. The molecule has 0 radical (unpaired) electrons. The van der Waals surface area contributed by atoms with E-state index in [-0.39, 0.29) is 24.3 Å². The molecule has 0 spiro atoms. The Morgan fingerprint density at radius 1 is 0.976 bits per heavy atom. The highest BCUT2D eigenvalue weighted by Gasteiger charge is 2.20. The third-order valence-corrected chi connectivity index (χ3v) is 8.71. The zero-order chi connectivity index (χ0) is 28.4. The molecule has 0 fully saturated rings. The molecule has 3 aromatic carbocycles. The van der Waals surface area contributed by atoms with Crippen LogP contribution in [0, 0.1) is 0 Å². The van der Waals surface area contributed by atoms with Gasteiger partial charge in [-0.1, -0.05) is 67.4 Å². The van der Waals surface area contributed by atoms with Crippen molar-refractivity contribution in [2.75, 3.05) is 12.4 Å². The first-order valence-corrected chi connectivity index (χ1v) is 15.6. The molecular formula is C32H32N4O3S2. The number of carbonyl (C=O) groups excluding carboxylic acids is 2. The number of carbonyl (C=O) groups is 2. The summed E-state index contributed by atoms with van der Waals surface area (Å²) in [6, 6.07) is 21.8. The molecular weight excluding hydrogens is 553 g/mol. The highest BCUT2D eigenvalue weighted by Crippen LogP contribution is 2.27. The number of ketones is 1. The van der Waals surface area contributed by atoms with E-state index in [0.717, 1.165) is 46.4 Å². The number of fused-ring (bicyclic) bond motifs is 1. The number of aliphatic hydroxyl groups excluding tert-OH is 1. The third-order valence-electron chi connectivity index (χ3n) is 6.88. The second kappa shape index (κ2) is 14.2. The van der Waals surface area contributed by atoms with Crippen LogP contribution in [0.15, 0.2) is 89.5 Å². The molecule has 1 amide bonds. The summed E-state index contributed by atoms with van der Waals surface area (Å²) in [7, 11) is 0. The highest BCUT2D eigenvalue weighted by atomic mass is 32.2. The first-order valence-electron chi connectivity index (χ1n) is 13.7. The van der Waals surface area contributed by atoms with E-state index in [1.165, 1.54) is 28.5 Å². The molecule has 41 heavy (non-hydrogen) atoms. The van der Waals surface area contributed by atoms with Gasteiger partial charge in [-0.2, -0.15) is 0 Å². The second-order valence-electron chi connectivity index (χ2n) is 9.73. The number of nitrogens with zero attached hydrogens (tertiary/aromatic N) is 2. The van der Waals surface area contributed by atoms with Crippen LogP contribution in [0.2, 0.25) is 0 Å². The Hall–Kier alpha value is -3.79. The minimum Gasteiger partial charge on any atom is -0.396 e. The smallest absolute Gasteiger partial charge is 0.263 e. The Balaban J connectivity index is 1.22. The number of rotatable bonds is 14. The van der Waals surface area contributed by atoms with Gasteiger partial charge in [0.25, 0.3) is 5.91 Å². The van der Waals surface area contributed by atoms with Crippen LogP contribution in [0.5, 0.6) is 0 Å². The van der Waals surface area contributed by atoms with E-state index in [0.29, 0.717) is 29.3 Å². The number of thioether (sulfide) groups is 1. The largest absolute Gasteiger partial charge is 0.396 e. The van der Waals surface area contributed by atoms with E-state index in [9.17, 15) is 9.59 Å². The van der Waals surface area contributed by atoms with E-state index in [2.05, 4.69) is 50.6 Å². The molecule has 0 unspecified atom stereocenters. The minimum absolute atomic E-state index is 0.0767. The first kappa shape index (κ1) is 28.7. The molecule has 7 nitrogen and oxygen atoms in total. The molecule has 5 rings (SSSR count). The second-order valence-corrected chi connectivity index (χ2v) is 11.7. The monoisotopic (exact) mass is 584 g/mol. The molecule has 0 saturated heterocycles. The average Bonchev–Trinajstić information content (AvgIpc) is 3.72. The molecule has 9 heteroatoms. The molecule has 0 aliphatic rings. The number of aromatic amines is 1. The Morgan fingerprint density at radius 3 is 2.63 bits per heavy atom. The number of thiazole rings is 1. The van der Waals surface area contributed by atoms with E-state index in [4.69, 9.17) is 5.11 Å². The van der Waals surface area contributed by atoms with Crippen molar-refractivity contribution in [3.63, 3.8) is 0 Å². The lowest BCUT2D eigenvalue weighted by atomic mass is 10.0. The number of imidazole rings is 1. The van der Waals surface area contributed by atoms with Crippen molar-refractivity contribution in [3.8, 4) is 11.3 Å². The number of unbranched alkanes of at least 4 members (excludes halogenated alkanes) is 2. The summed E-state index contributed by atoms with van der Waals surface area (Å²) in [5, 5.41) is 14.6. The van der Waals surface area contributed by atoms with Gasteiger partial charge in [0, 0.05) is 28.2 Å². The Labute approximate surface area is 247 Å². The molecule has 0 bridgehead atoms. The van der Waals surface area contributed by atoms with Gasteiger partial charge in [-0.05, 0) is 35.7 Å². The van der Waals surface area contributed by atoms with E-state index >= 15 is 0 Å². The maximum atomic E-state index is 12.9. The summed E-state index contributed by atoms with van der Waals surface area (Å²) >= 11 is 2.80. The summed E-state index contributed by atoms with van der Waals surface area (Å²) in [5.41, 5.74) is 4.29. The van der Waals surface area contributed by atoms with Crippen LogP contribution in [0.4, 0.5) is 0 Å². The summed E-state index contributed by atoms with van der Waals surface area (Å²) in [6.45, 7) is 0.0767. The van der Waals surface area contributed by atoms with Crippen molar-refractivity contribution in [3.05, 3.63) is 101 Å². The number of Topliss-reactive ketones (excluding diaryl/α,β-unsaturated/α-hetero) is 1. The zero-order valence-corrected chi connectivity index (χ0v) is 24.2. The lowest BCUT2D eigenvalue weighted by Gasteiger charge is -2.16. The molecule has 5 aromatic rings. The van der Waals surface area contributed by atoms with Gasteiger partial charge in [-0.15, -0.1) is 23.1 Å². The maximum absolute atomic E-state index is 12.9. The first-order chi connectivity index (χ1) is 20.1. The molecule has 0 saturated carbocycles. The third kappa shape index (κ3) is 7.49. The maximum Gasteiger partial charge on any atom is 0.263 e. The van der Waals surface area contributed by atoms with E-state index in [1.54, 1.807) is 11.7 Å². The fourth-order valence-electron chi connectivity index (χ4n) is 4.78. The highest BCUT2D eigenvalue weighted by molar-refractivity contribution is 7.99. The minimum atomic E-state index is -0.301. The van der Waals surface area contributed by atoms with Gasteiger partial charge >= 0.3 is 0 Å². The van der Waals surface area contributed by atoms with Crippen LogP contribution >= 0.6 is 23.1 Å². The standard InChI is InChI=1S/C32H32N4O3S2/c37-16-17-40-29-13-7-6-10-25(29)28(38)12-3-1-2-11-26(36-32(39)30-20-33-21-41-30)31-34-19-27(35-31)24-15-14-22-8-4-5-9-23(22)18-24/h4-10,13-15,18-21,26,37H,1-3,11-12,16-17H2,(H,34,35)(H,36,39)/t26-/m0/s1. The number of aliphatic hydroxyl groups is 1. The number of aromatic nitrogens is 3. The average molecular weight is 585 g/mol. The summed E-state index contributed by atoms with van der Waals surface area (Å²) in [4.78, 5) is 39.4. The fourth-order valence-corrected chi connectivity index (χ4v) is 6.12. The van der Waals surface area contributed by atoms with Gasteiger partial charge in [-0.3, -0.25) is 14.6 Å². The molecule has 3 N–H and O–H groups in total. The lowest BCUT2D eigenvalue weighted by molar-refractivity contribution is 0.0935. The zero-order valence-electron chi connectivity index (χ0n) is 22.6. The Bertz CT molecular complexity index is 1600. The number of nitrogens with one attached hydrogen (secondary N) is 2. The van der Waals surface area contributed by atoms with Crippen LogP contribution in [0.25, 0.3) is 22.0 Å². The summed E-state index contributed by atoms with van der Waals surface area (Å²) in [6.07, 6.45) is 6.97. The molecule has 2 aromatic heterocycles. The lowest BCUT2D eigenvalue weighted by Crippen LogP contribution is -2.28. The predicted octanol–water partition coefficient (Wildman–Crippen LogP) is 7.08. The van der Waals surface area contributed by atoms with Crippen LogP contribution in [0.3, 0.4) is 0 Å². The van der Waals surface area contributed by atoms with Gasteiger partial charge in [0.05, 0.1) is 36.2 Å². The molecule has 1 atom stereocenters. The number of amides is 1. The fraction of sp³-hybridized carbons (Fsp3) is 0.250. The normalized spacial score (nSPS) is 11.9.